The number of carbonyl (C=O) groups excluding carboxylic acids is 1. The highest BCUT2D eigenvalue weighted by Crippen LogP contribution is 2.21. The van der Waals surface area contributed by atoms with E-state index in [1.165, 1.54) is 23.9 Å². The zero-order valence-corrected chi connectivity index (χ0v) is 16.7. The summed E-state index contributed by atoms with van der Waals surface area (Å²) in [6.07, 6.45) is 3.62. The molecule has 4 aromatic rings. The fraction of sp³-hybridized carbons (Fsp3) is 0.0909. The summed E-state index contributed by atoms with van der Waals surface area (Å²) in [7, 11) is 0. The van der Waals surface area contributed by atoms with E-state index in [4.69, 9.17) is 0 Å². The predicted molar refractivity (Wildman–Crippen MR) is 114 cm³/mol. The monoisotopic (exact) mass is 419 g/mol. The minimum Gasteiger partial charge on any atom is -0.351 e. The van der Waals surface area contributed by atoms with Crippen LogP contribution in [-0.4, -0.2) is 31.6 Å². The van der Waals surface area contributed by atoms with Gasteiger partial charge in [-0.25, -0.2) is 9.07 Å². The van der Waals surface area contributed by atoms with E-state index in [9.17, 15) is 9.18 Å². The van der Waals surface area contributed by atoms with Crippen LogP contribution in [0.3, 0.4) is 0 Å². The molecule has 30 heavy (non-hydrogen) atoms. The standard InChI is InChI=1S/C22H18FN5OS/c23-18-6-2-16(3-7-18)14-24-21(29)15-30-22-11-10-20(26-27-22)17-4-8-19(9-5-17)28-13-1-12-25-28/h1-13H,14-15H2,(H,24,29). The van der Waals surface area contributed by atoms with Gasteiger partial charge in [-0.3, -0.25) is 4.79 Å². The molecule has 8 heteroatoms. The molecule has 0 atom stereocenters. The number of carbonyl (C=O) groups is 1. The largest absolute Gasteiger partial charge is 0.351 e. The molecule has 1 N–H and O–H groups in total. The number of halogens is 1. The first-order valence-corrected chi connectivity index (χ1v) is 10.2. The molecule has 6 nitrogen and oxygen atoms in total. The normalized spacial score (nSPS) is 10.7. The van der Waals surface area contributed by atoms with Gasteiger partial charge in [0, 0.05) is 24.5 Å². The van der Waals surface area contributed by atoms with E-state index < -0.39 is 0 Å². The van der Waals surface area contributed by atoms with Crippen molar-refractivity contribution in [1.29, 1.82) is 0 Å². The van der Waals surface area contributed by atoms with Gasteiger partial charge in [-0.2, -0.15) is 5.10 Å². The van der Waals surface area contributed by atoms with Gasteiger partial charge in [0.25, 0.3) is 0 Å². The molecule has 4 rings (SSSR count). The Kier molecular flexibility index (Phi) is 6.14. The summed E-state index contributed by atoms with van der Waals surface area (Å²) in [5.41, 5.74) is 3.52. The Balaban J connectivity index is 1.29. The number of benzene rings is 2. The molecular formula is C22H18FN5OS. The smallest absolute Gasteiger partial charge is 0.230 e. The SMILES string of the molecule is O=C(CSc1ccc(-c2ccc(-n3cccn3)cc2)nn1)NCc1ccc(F)cc1. The second-order valence-electron chi connectivity index (χ2n) is 6.45. The molecule has 0 spiro atoms. The number of rotatable bonds is 7. The molecular weight excluding hydrogens is 401 g/mol. The van der Waals surface area contributed by atoms with Gasteiger partial charge >= 0.3 is 0 Å². The molecule has 2 aromatic heterocycles. The zero-order valence-electron chi connectivity index (χ0n) is 15.9. The van der Waals surface area contributed by atoms with E-state index in [1.54, 1.807) is 23.0 Å². The Morgan fingerprint density at radius 2 is 1.80 bits per heavy atom. The second-order valence-corrected chi connectivity index (χ2v) is 7.44. The first-order valence-electron chi connectivity index (χ1n) is 9.25. The fourth-order valence-electron chi connectivity index (χ4n) is 2.75. The van der Waals surface area contributed by atoms with Gasteiger partial charge < -0.3 is 5.32 Å². The van der Waals surface area contributed by atoms with Gasteiger partial charge in [0.1, 0.15) is 10.8 Å². The van der Waals surface area contributed by atoms with Crippen molar-refractivity contribution in [3.05, 3.63) is 90.5 Å². The first-order chi connectivity index (χ1) is 14.7. The summed E-state index contributed by atoms with van der Waals surface area (Å²) in [5, 5.41) is 16.1. The third-order valence-corrected chi connectivity index (χ3v) is 5.25. The molecule has 0 saturated carbocycles. The van der Waals surface area contributed by atoms with Gasteiger partial charge in [-0.05, 0) is 48.0 Å². The van der Waals surface area contributed by atoms with Crippen LogP contribution in [0.4, 0.5) is 4.39 Å². The molecule has 0 saturated heterocycles. The third-order valence-electron chi connectivity index (χ3n) is 4.33. The lowest BCUT2D eigenvalue weighted by Crippen LogP contribution is -2.24. The van der Waals surface area contributed by atoms with E-state index >= 15 is 0 Å². The number of nitrogens with one attached hydrogen (secondary N) is 1. The Morgan fingerprint density at radius 1 is 1.00 bits per heavy atom. The van der Waals surface area contributed by atoms with Crippen molar-refractivity contribution in [2.45, 2.75) is 11.6 Å². The minimum atomic E-state index is -0.295. The van der Waals surface area contributed by atoms with Crippen LogP contribution >= 0.6 is 11.8 Å². The quantitative estimate of drug-likeness (QED) is 0.460. The summed E-state index contributed by atoms with van der Waals surface area (Å²) in [5.74, 6) is -0.186. The van der Waals surface area contributed by atoms with Gasteiger partial charge in [0.2, 0.25) is 5.91 Å². The summed E-state index contributed by atoms with van der Waals surface area (Å²) in [6, 6.07) is 19.5. The predicted octanol–water partition coefficient (Wildman–Crippen LogP) is 3.88. The topological polar surface area (TPSA) is 72.7 Å². The van der Waals surface area contributed by atoms with Gasteiger partial charge in [0.15, 0.2) is 0 Å². The second kappa shape index (κ2) is 9.32. The molecule has 2 heterocycles. The zero-order chi connectivity index (χ0) is 20.8. The van der Waals surface area contributed by atoms with Crippen LogP contribution in [-0.2, 0) is 11.3 Å². The van der Waals surface area contributed by atoms with E-state index in [-0.39, 0.29) is 17.5 Å². The van der Waals surface area contributed by atoms with Crippen molar-refractivity contribution in [3.63, 3.8) is 0 Å². The van der Waals surface area contributed by atoms with E-state index in [2.05, 4.69) is 20.6 Å². The minimum absolute atomic E-state index is 0.121. The van der Waals surface area contributed by atoms with Crippen molar-refractivity contribution < 1.29 is 9.18 Å². The Labute approximate surface area is 177 Å². The lowest BCUT2D eigenvalue weighted by Gasteiger charge is -2.06. The van der Waals surface area contributed by atoms with Crippen molar-refractivity contribution in [2.24, 2.45) is 0 Å². The number of amides is 1. The van der Waals surface area contributed by atoms with Gasteiger partial charge in [-0.15, -0.1) is 10.2 Å². The lowest BCUT2D eigenvalue weighted by atomic mass is 10.1. The number of hydrogen-bond donors (Lipinski definition) is 1. The molecule has 1 amide bonds. The molecule has 0 radical (unpaired) electrons. The van der Waals surface area contributed by atoms with Crippen LogP contribution in [0.25, 0.3) is 16.9 Å². The molecule has 150 valence electrons. The van der Waals surface area contributed by atoms with Crippen molar-refractivity contribution in [1.82, 2.24) is 25.3 Å². The molecule has 0 aliphatic heterocycles. The van der Waals surface area contributed by atoms with Crippen LogP contribution in [0.5, 0.6) is 0 Å². The average Bonchev–Trinajstić information content (AvgIpc) is 3.33. The van der Waals surface area contributed by atoms with Crippen LogP contribution in [0, 0.1) is 5.82 Å². The highest BCUT2D eigenvalue weighted by atomic mass is 32.2. The van der Waals surface area contributed by atoms with Crippen LogP contribution in [0.2, 0.25) is 0 Å². The highest BCUT2D eigenvalue weighted by Gasteiger charge is 2.06. The van der Waals surface area contributed by atoms with Crippen LogP contribution in [0.15, 0.2) is 84.1 Å². The maximum atomic E-state index is 12.9. The average molecular weight is 419 g/mol. The van der Waals surface area contributed by atoms with Crippen molar-refractivity contribution in [2.75, 3.05) is 5.75 Å². The molecule has 0 fully saturated rings. The summed E-state index contributed by atoms with van der Waals surface area (Å²) in [6.45, 7) is 0.360. The number of aromatic nitrogens is 4. The third kappa shape index (κ3) is 5.09. The Hall–Kier alpha value is -3.52. The highest BCUT2D eigenvalue weighted by molar-refractivity contribution is 7.99. The molecule has 0 aliphatic rings. The first kappa shape index (κ1) is 19.8. The van der Waals surface area contributed by atoms with Crippen molar-refractivity contribution in [3.8, 4) is 16.9 Å². The fourth-order valence-corrected chi connectivity index (χ4v) is 3.39. The van der Waals surface area contributed by atoms with E-state index in [0.29, 0.717) is 11.6 Å². The molecule has 0 unspecified atom stereocenters. The van der Waals surface area contributed by atoms with Crippen LogP contribution < -0.4 is 5.32 Å². The Morgan fingerprint density at radius 3 is 2.47 bits per heavy atom. The van der Waals surface area contributed by atoms with Gasteiger partial charge in [0.05, 0.1) is 17.1 Å². The number of hydrogen-bond acceptors (Lipinski definition) is 5. The number of nitrogens with zero attached hydrogens (tertiary/aromatic N) is 4. The lowest BCUT2D eigenvalue weighted by molar-refractivity contribution is -0.118. The Bertz CT molecular complexity index is 1100. The number of thioether (sulfide) groups is 1. The van der Waals surface area contributed by atoms with E-state index in [1.807, 2.05) is 48.7 Å². The molecule has 0 bridgehead atoms. The summed E-state index contributed by atoms with van der Waals surface area (Å²) >= 11 is 1.31. The van der Waals surface area contributed by atoms with Gasteiger partial charge in [-0.1, -0.05) is 36.0 Å². The molecule has 2 aromatic carbocycles. The summed E-state index contributed by atoms with van der Waals surface area (Å²) < 4.78 is 14.7. The maximum Gasteiger partial charge on any atom is 0.230 e. The van der Waals surface area contributed by atoms with E-state index in [0.717, 1.165) is 22.5 Å². The maximum absolute atomic E-state index is 12.9. The van der Waals surface area contributed by atoms with Crippen molar-refractivity contribution >= 4 is 17.7 Å². The summed E-state index contributed by atoms with van der Waals surface area (Å²) in [4.78, 5) is 12.0. The molecule has 0 aliphatic carbocycles. The van der Waals surface area contributed by atoms with Crippen LogP contribution in [0.1, 0.15) is 5.56 Å².